The molecule has 0 spiro atoms. The summed E-state index contributed by atoms with van der Waals surface area (Å²) in [5, 5.41) is 0. The molecule has 24 rings (SSSR count). The average Bonchev–Trinajstić information content (AvgIpc) is 0.709. The molecule has 3 fully saturated rings. The van der Waals surface area contributed by atoms with Crippen molar-refractivity contribution >= 4 is 103 Å². The molecular formula is C115H88B2N4O. The molecule has 3 bridgehead atoms. The maximum absolute atomic E-state index is 8.22. The van der Waals surface area contributed by atoms with Crippen LogP contribution in [0.25, 0.3) is 100 Å². The number of benzene rings is 17. The molecule has 1 saturated heterocycles. The number of nitrogens with zero attached hydrogens (tertiary/aromatic N) is 4. The zero-order valence-electron chi connectivity index (χ0n) is 68.7. The van der Waals surface area contributed by atoms with Crippen LogP contribution in [-0.2, 0) is 5.41 Å². The Labute approximate surface area is 716 Å². The lowest BCUT2D eigenvalue weighted by molar-refractivity contribution is 0.242. The standard InChI is InChI=1S/C115H88B2N4O/c1-115(2,3)89-67-105-111-109(68-89)122-108-72-104-100(71-101(108)117(111)99-54-32-34-56-103(99)119(105)112-92(78-41-19-7-20-42-78)61-85(75-35-13-4-14-36-75)62-93(112)79-43-21-8-22-44-79)116-98-53-31-33-55-102(98)120(113-94(80-45-23-9-24-46-80)63-86(76-37-15-5-16-38-76)64-95(113)81-47-25-10-26-48-81)106-69-91(118-73-88-58-74-57-84(88)60-90(118)59-74)70-107(110(106)116)121(104)114-96(82-49-27-11-28-50-82)65-87(77-39-17-6-18-40-77)66-97(114)83-51-29-12-30-52-83/h4-56,61-72,74,84,88,90H,57-60,73H2,1-3H3. The predicted octanol–water partition coefficient (Wildman–Crippen LogP) is 26.1. The lowest BCUT2D eigenvalue weighted by Gasteiger charge is -2.49. The van der Waals surface area contributed by atoms with Crippen molar-refractivity contribution in [1.82, 2.24) is 0 Å². The Morgan fingerprint density at radius 3 is 0.984 bits per heavy atom. The highest BCUT2D eigenvalue weighted by atomic mass is 16.5. The van der Waals surface area contributed by atoms with Crippen molar-refractivity contribution in [2.24, 2.45) is 17.8 Å². The summed E-state index contributed by atoms with van der Waals surface area (Å²) in [4.78, 5) is 11.1. The molecule has 5 heterocycles. The molecule has 0 amide bonds. The number of hydrogen-bond acceptors (Lipinski definition) is 5. The van der Waals surface area contributed by atoms with Crippen molar-refractivity contribution in [3.63, 3.8) is 0 Å². The van der Waals surface area contributed by atoms with Gasteiger partial charge in [-0.1, -0.05) is 336 Å². The van der Waals surface area contributed by atoms with E-state index in [1.807, 2.05) is 0 Å². The van der Waals surface area contributed by atoms with Gasteiger partial charge in [0.25, 0.3) is 13.4 Å². The van der Waals surface area contributed by atoms with Gasteiger partial charge in [-0.15, -0.1) is 0 Å². The van der Waals surface area contributed by atoms with Gasteiger partial charge in [-0.05, 0) is 227 Å². The van der Waals surface area contributed by atoms with Crippen LogP contribution in [0.2, 0.25) is 0 Å². The Balaban J connectivity index is 0.828. The number of ether oxygens (including phenoxy) is 1. The molecule has 17 aromatic rings. The maximum Gasteiger partial charge on any atom is 0.256 e. The first-order valence-corrected chi connectivity index (χ1v) is 43.7. The van der Waals surface area contributed by atoms with E-state index in [1.165, 1.54) is 86.9 Å². The zero-order valence-corrected chi connectivity index (χ0v) is 68.7. The van der Waals surface area contributed by atoms with Crippen molar-refractivity contribution < 1.29 is 4.74 Å². The van der Waals surface area contributed by atoms with Gasteiger partial charge in [0.05, 0.1) is 17.1 Å². The van der Waals surface area contributed by atoms with Crippen LogP contribution in [0.5, 0.6) is 11.5 Å². The molecule has 122 heavy (non-hydrogen) atoms. The Morgan fingerprint density at radius 1 is 0.262 bits per heavy atom. The van der Waals surface area contributed by atoms with Crippen LogP contribution in [0.15, 0.2) is 394 Å². The van der Waals surface area contributed by atoms with Gasteiger partial charge in [-0.3, -0.25) is 0 Å². The molecule has 580 valence electrons. The second kappa shape index (κ2) is 28.8. The van der Waals surface area contributed by atoms with Crippen LogP contribution in [0.4, 0.5) is 56.9 Å². The van der Waals surface area contributed by atoms with Crippen molar-refractivity contribution in [3.05, 3.63) is 400 Å². The quantitative estimate of drug-likeness (QED) is 0.107. The highest BCUT2D eigenvalue weighted by molar-refractivity contribution is 7.02. The van der Waals surface area contributed by atoms with Crippen LogP contribution in [0, 0.1) is 17.8 Å². The van der Waals surface area contributed by atoms with Gasteiger partial charge < -0.3 is 24.3 Å². The second-order valence-corrected chi connectivity index (χ2v) is 35.8. The fourth-order valence-electron chi connectivity index (χ4n) is 22.3. The number of para-hydroxylation sites is 2. The normalized spacial score (nSPS) is 16.6. The van der Waals surface area contributed by atoms with E-state index in [2.05, 4.69) is 435 Å². The van der Waals surface area contributed by atoms with Crippen molar-refractivity contribution in [2.45, 2.75) is 57.9 Å². The number of hydrogen-bond donors (Lipinski definition) is 0. The molecule has 2 saturated carbocycles. The highest BCUT2D eigenvalue weighted by Gasteiger charge is 2.52. The van der Waals surface area contributed by atoms with Crippen molar-refractivity contribution in [3.8, 4) is 112 Å². The Bertz CT molecular complexity index is 6780. The molecular weight excluding hydrogens is 1470 g/mol. The number of piperidine rings is 1. The molecule has 4 atom stereocenters. The molecule has 4 unspecified atom stereocenters. The topological polar surface area (TPSA) is 22.2 Å². The Morgan fingerprint density at radius 2 is 0.598 bits per heavy atom. The highest BCUT2D eigenvalue weighted by Crippen LogP contribution is 2.59. The van der Waals surface area contributed by atoms with Crippen molar-refractivity contribution in [1.29, 1.82) is 0 Å². The summed E-state index contributed by atoms with van der Waals surface area (Å²) in [7, 11) is 0. The van der Waals surface area contributed by atoms with E-state index in [9.17, 15) is 0 Å². The third-order valence-electron chi connectivity index (χ3n) is 27.8. The minimum absolute atomic E-state index is 0.272. The largest absolute Gasteiger partial charge is 0.458 e. The van der Waals surface area contributed by atoms with Gasteiger partial charge >= 0.3 is 0 Å². The van der Waals surface area contributed by atoms with Gasteiger partial charge in [-0.2, -0.15) is 0 Å². The lowest BCUT2D eigenvalue weighted by atomic mass is 9.30. The summed E-state index contributed by atoms with van der Waals surface area (Å²) in [6.45, 7) is 7.54. The lowest BCUT2D eigenvalue weighted by Crippen LogP contribution is -2.64. The van der Waals surface area contributed by atoms with Gasteiger partial charge in [0.15, 0.2) is 0 Å². The van der Waals surface area contributed by atoms with E-state index in [0.717, 1.165) is 164 Å². The van der Waals surface area contributed by atoms with Crippen LogP contribution in [-0.4, -0.2) is 26.0 Å². The van der Waals surface area contributed by atoms with E-state index < -0.39 is 0 Å². The van der Waals surface area contributed by atoms with Gasteiger partial charge in [-0.25, -0.2) is 0 Å². The summed E-state index contributed by atoms with van der Waals surface area (Å²) in [6, 6.07) is 150. The fraction of sp³-hybridized carbons (Fsp3) is 0.113. The van der Waals surface area contributed by atoms with Gasteiger partial charge in [0.2, 0.25) is 0 Å². The fourth-order valence-corrected chi connectivity index (χ4v) is 22.3. The zero-order chi connectivity index (χ0) is 80.8. The van der Waals surface area contributed by atoms with E-state index >= 15 is 0 Å². The van der Waals surface area contributed by atoms with Crippen LogP contribution in [0.3, 0.4) is 0 Å². The first kappa shape index (κ1) is 71.9. The molecule has 0 radical (unpaired) electrons. The summed E-state index contributed by atoms with van der Waals surface area (Å²) >= 11 is 0. The predicted molar refractivity (Wildman–Crippen MR) is 514 cm³/mol. The Hall–Kier alpha value is -14.1. The number of fused-ring (bicyclic) bond motifs is 10. The van der Waals surface area contributed by atoms with Crippen LogP contribution in [0.1, 0.15) is 52.0 Å². The molecule has 5 aliphatic heterocycles. The molecule has 17 aromatic carbocycles. The molecule has 7 heteroatoms. The first-order valence-electron chi connectivity index (χ1n) is 43.7. The van der Waals surface area contributed by atoms with E-state index in [1.54, 1.807) is 0 Å². The van der Waals surface area contributed by atoms with E-state index in [0.29, 0.717) is 12.0 Å². The average molecular weight is 1560 g/mol. The smallest absolute Gasteiger partial charge is 0.256 e. The van der Waals surface area contributed by atoms with E-state index in [-0.39, 0.29) is 18.8 Å². The molecule has 7 aliphatic rings. The molecule has 0 N–H and O–H groups in total. The summed E-state index contributed by atoms with van der Waals surface area (Å²) in [6.07, 6.45) is 5.10. The Kier molecular flexibility index (Phi) is 17.0. The number of anilines is 10. The first-order chi connectivity index (χ1) is 60.1. The maximum atomic E-state index is 8.22. The molecule has 0 aromatic heterocycles. The van der Waals surface area contributed by atoms with Crippen LogP contribution >= 0.6 is 0 Å². The SMILES string of the molecule is CC(C)(C)c1cc2c3c(c1)N(c1c(-c4ccccc4)cc(-c4ccccc4)cc1-c1ccccc1)c1ccccc1B3c1cc3c(cc1O2)N(c1c(-c2ccccc2)cc(-c2ccccc2)cc1-c1ccccc1)c1cc(N2CC4CC5CC4CC2C5)cc2c1B3c1ccccc1N2c1c(-c2ccccc2)cc(-c2ccccc2)cc1-c1ccccc1. The minimum atomic E-state index is -0.294. The second-order valence-electron chi connectivity index (χ2n) is 35.8. The molecule has 2 aliphatic carbocycles. The van der Waals surface area contributed by atoms with Gasteiger partial charge in [0.1, 0.15) is 11.5 Å². The molecule has 5 nitrogen and oxygen atoms in total. The van der Waals surface area contributed by atoms with Crippen molar-refractivity contribution in [2.75, 3.05) is 26.1 Å². The summed E-state index contributed by atoms with van der Waals surface area (Å²) < 4.78 is 8.22. The van der Waals surface area contributed by atoms with Crippen LogP contribution < -0.4 is 57.1 Å². The minimum Gasteiger partial charge on any atom is -0.458 e. The summed E-state index contributed by atoms with van der Waals surface area (Å²) in [5.41, 5.74) is 40.3. The van der Waals surface area contributed by atoms with Gasteiger partial charge in [0, 0.05) is 91.8 Å². The third-order valence-corrected chi connectivity index (χ3v) is 27.8. The monoisotopic (exact) mass is 1560 g/mol. The number of rotatable bonds is 13. The summed E-state index contributed by atoms with van der Waals surface area (Å²) in [5.74, 6) is 3.86. The third kappa shape index (κ3) is 11.8. The van der Waals surface area contributed by atoms with E-state index in [4.69, 9.17) is 4.74 Å².